The highest BCUT2D eigenvalue weighted by atomic mass is 19.2. The molecule has 2 amide bonds. The summed E-state index contributed by atoms with van der Waals surface area (Å²) in [6.45, 7) is 0. The topological polar surface area (TPSA) is 37.4 Å². The second-order valence-corrected chi connectivity index (χ2v) is 3.81. The summed E-state index contributed by atoms with van der Waals surface area (Å²) in [4.78, 5) is 23.7. The molecule has 0 aromatic heterocycles. The molecule has 1 aliphatic rings. The number of nitrogens with zero attached hydrogens (tertiary/aromatic N) is 1. The van der Waals surface area contributed by atoms with E-state index in [9.17, 15) is 22.8 Å². The normalized spacial score (nSPS) is 20.2. The molecule has 0 saturated carbocycles. The van der Waals surface area contributed by atoms with Crippen LogP contribution in [0.15, 0.2) is 12.1 Å². The van der Waals surface area contributed by atoms with E-state index in [2.05, 4.69) is 0 Å². The van der Waals surface area contributed by atoms with Gasteiger partial charge >= 0.3 is 0 Å². The molecule has 1 aromatic carbocycles. The number of benzene rings is 1. The molecule has 2 rings (SSSR count). The Morgan fingerprint density at radius 3 is 2.35 bits per heavy atom. The lowest BCUT2D eigenvalue weighted by Gasteiger charge is -2.10. The highest BCUT2D eigenvalue weighted by Crippen LogP contribution is 2.31. The molecule has 1 saturated heterocycles. The summed E-state index contributed by atoms with van der Waals surface area (Å²) in [7, 11) is 1.27. The minimum atomic E-state index is -1.63. The van der Waals surface area contributed by atoms with Gasteiger partial charge in [-0.2, -0.15) is 0 Å². The van der Waals surface area contributed by atoms with Crippen LogP contribution in [-0.2, 0) is 9.59 Å². The maximum absolute atomic E-state index is 13.4. The monoisotopic (exact) mass is 243 g/mol. The summed E-state index contributed by atoms with van der Waals surface area (Å²) in [6.07, 6.45) is -0.225. The fraction of sp³-hybridized carbons (Fsp3) is 0.273. The van der Waals surface area contributed by atoms with E-state index in [0.29, 0.717) is 0 Å². The van der Waals surface area contributed by atoms with Crippen LogP contribution in [0.25, 0.3) is 0 Å². The Balaban J connectivity index is 2.46. The molecule has 1 aliphatic heterocycles. The Labute approximate surface area is 94.8 Å². The molecular formula is C11H8F3NO2. The van der Waals surface area contributed by atoms with Gasteiger partial charge in [-0.25, -0.2) is 13.2 Å². The zero-order valence-corrected chi connectivity index (χ0v) is 8.84. The molecule has 1 aromatic rings. The predicted octanol–water partition coefficient (Wildman–Crippen LogP) is 1.58. The van der Waals surface area contributed by atoms with Crippen LogP contribution in [0.1, 0.15) is 17.9 Å². The Morgan fingerprint density at radius 2 is 1.82 bits per heavy atom. The summed E-state index contributed by atoms with van der Waals surface area (Å²) < 4.78 is 39.2. The van der Waals surface area contributed by atoms with Gasteiger partial charge in [-0.15, -0.1) is 0 Å². The first-order chi connectivity index (χ1) is 7.93. The van der Waals surface area contributed by atoms with Gasteiger partial charge in [-0.3, -0.25) is 14.5 Å². The van der Waals surface area contributed by atoms with E-state index in [-0.39, 0.29) is 12.0 Å². The third-order valence-electron chi connectivity index (χ3n) is 2.82. The van der Waals surface area contributed by atoms with Gasteiger partial charge in [0.25, 0.3) is 0 Å². The van der Waals surface area contributed by atoms with Gasteiger partial charge in [-0.05, 0) is 6.07 Å². The third kappa shape index (κ3) is 1.69. The van der Waals surface area contributed by atoms with Gasteiger partial charge in [0.15, 0.2) is 17.5 Å². The minimum Gasteiger partial charge on any atom is -0.285 e. The molecule has 0 bridgehead atoms. The summed E-state index contributed by atoms with van der Waals surface area (Å²) in [5.74, 6) is -6.51. The molecule has 90 valence electrons. The van der Waals surface area contributed by atoms with Crippen molar-refractivity contribution >= 4 is 11.8 Å². The van der Waals surface area contributed by atoms with E-state index in [1.54, 1.807) is 0 Å². The van der Waals surface area contributed by atoms with Crippen molar-refractivity contribution in [1.82, 2.24) is 4.90 Å². The second-order valence-electron chi connectivity index (χ2n) is 3.81. The van der Waals surface area contributed by atoms with Crippen molar-refractivity contribution in [3.8, 4) is 0 Å². The van der Waals surface area contributed by atoms with Crippen LogP contribution in [0.3, 0.4) is 0 Å². The fourth-order valence-corrected chi connectivity index (χ4v) is 1.81. The molecule has 3 nitrogen and oxygen atoms in total. The summed E-state index contributed by atoms with van der Waals surface area (Å²) in [6, 6.07) is 1.73. The van der Waals surface area contributed by atoms with Gasteiger partial charge in [0.1, 0.15) is 0 Å². The molecule has 1 atom stereocenters. The maximum Gasteiger partial charge on any atom is 0.237 e. The van der Waals surface area contributed by atoms with Crippen molar-refractivity contribution in [2.45, 2.75) is 12.3 Å². The van der Waals surface area contributed by atoms with Crippen molar-refractivity contribution in [3.05, 3.63) is 35.1 Å². The molecule has 1 unspecified atom stereocenters. The first-order valence-corrected chi connectivity index (χ1v) is 4.87. The number of rotatable bonds is 1. The fourth-order valence-electron chi connectivity index (χ4n) is 1.81. The molecule has 17 heavy (non-hydrogen) atoms. The highest BCUT2D eigenvalue weighted by Gasteiger charge is 2.39. The van der Waals surface area contributed by atoms with Gasteiger partial charge in [0.2, 0.25) is 11.8 Å². The van der Waals surface area contributed by atoms with E-state index in [1.165, 1.54) is 7.05 Å². The summed E-state index contributed by atoms with van der Waals surface area (Å²) in [5.41, 5.74) is -0.286. The lowest BCUT2D eigenvalue weighted by atomic mass is 9.97. The number of hydrogen-bond acceptors (Lipinski definition) is 2. The van der Waals surface area contributed by atoms with Crippen molar-refractivity contribution in [2.24, 2.45) is 0 Å². The molecule has 0 radical (unpaired) electrons. The SMILES string of the molecule is CN1C(=O)CC(c2ccc(F)c(F)c2F)C1=O. The standard InChI is InChI=1S/C11H8F3NO2/c1-15-8(16)4-6(11(15)17)5-2-3-7(12)10(14)9(5)13/h2-3,6H,4H2,1H3. The largest absolute Gasteiger partial charge is 0.285 e. The number of amides is 2. The smallest absolute Gasteiger partial charge is 0.237 e. The van der Waals surface area contributed by atoms with Crippen LogP contribution in [0.2, 0.25) is 0 Å². The number of carbonyl (C=O) groups excluding carboxylic acids is 2. The Morgan fingerprint density at radius 1 is 1.18 bits per heavy atom. The molecule has 0 aliphatic carbocycles. The van der Waals surface area contributed by atoms with E-state index in [0.717, 1.165) is 17.0 Å². The van der Waals surface area contributed by atoms with E-state index in [1.807, 2.05) is 0 Å². The Kier molecular flexibility index (Phi) is 2.65. The van der Waals surface area contributed by atoms with E-state index < -0.39 is 35.2 Å². The Hall–Kier alpha value is -1.85. The van der Waals surface area contributed by atoms with Crippen LogP contribution in [0, 0.1) is 17.5 Å². The molecule has 6 heteroatoms. The van der Waals surface area contributed by atoms with Crippen LogP contribution < -0.4 is 0 Å². The molecule has 1 heterocycles. The quantitative estimate of drug-likeness (QED) is 0.554. The number of carbonyl (C=O) groups is 2. The molecule has 1 fully saturated rings. The van der Waals surface area contributed by atoms with Gasteiger partial charge in [0, 0.05) is 19.0 Å². The van der Waals surface area contributed by atoms with Crippen LogP contribution in [0.5, 0.6) is 0 Å². The number of imide groups is 1. The average molecular weight is 243 g/mol. The lowest BCUT2D eigenvalue weighted by molar-refractivity contribution is -0.137. The number of hydrogen-bond donors (Lipinski definition) is 0. The van der Waals surface area contributed by atoms with E-state index >= 15 is 0 Å². The first-order valence-electron chi connectivity index (χ1n) is 4.87. The number of likely N-dealkylation sites (N-methyl/N-ethyl adjacent to an activating group) is 1. The molecule has 0 N–H and O–H groups in total. The maximum atomic E-state index is 13.4. The predicted molar refractivity (Wildman–Crippen MR) is 51.5 cm³/mol. The second kappa shape index (κ2) is 3.87. The van der Waals surface area contributed by atoms with Crippen LogP contribution in [0.4, 0.5) is 13.2 Å². The third-order valence-corrected chi connectivity index (χ3v) is 2.82. The van der Waals surface area contributed by atoms with Crippen LogP contribution in [-0.4, -0.2) is 23.8 Å². The summed E-state index contributed by atoms with van der Waals surface area (Å²) >= 11 is 0. The summed E-state index contributed by atoms with van der Waals surface area (Å²) in [5, 5.41) is 0. The van der Waals surface area contributed by atoms with Crippen molar-refractivity contribution < 1.29 is 22.8 Å². The Bertz CT molecular complexity index is 516. The minimum absolute atomic E-state index is 0.225. The first kappa shape index (κ1) is 11.6. The van der Waals surface area contributed by atoms with E-state index in [4.69, 9.17) is 0 Å². The average Bonchev–Trinajstić information content (AvgIpc) is 2.54. The van der Waals surface area contributed by atoms with Crippen molar-refractivity contribution in [1.29, 1.82) is 0 Å². The van der Waals surface area contributed by atoms with Gasteiger partial charge < -0.3 is 0 Å². The van der Waals surface area contributed by atoms with Crippen molar-refractivity contribution in [3.63, 3.8) is 0 Å². The van der Waals surface area contributed by atoms with Crippen molar-refractivity contribution in [2.75, 3.05) is 7.05 Å². The molecular weight excluding hydrogens is 235 g/mol. The lowest BCUT2D eigenvalue weighted by Crippen LogP contribution is -2.25. The zero-order chi connectivity index (χ0) is 12.7. The number of likely N-dealkylation sites (tertiary alicyclic amines) is 1. The van der Waals surface area contributed by atoms with Gasteiger partial charge in [0.05, 0.1) is 5.92 Å². The highest BCUT2D eigenvalue weighted by molar-refractivity contribution is 6.05. The van der Waals surface area contributed by atoms with Crippen LogP contribution >= 0.6 is 0 Å². The zero-order valence-electron chi connectivity index (χ0n) is 8.84. The molecule has 0 spiro atoms. The number of halogens is 3. The van der Waals surface area contributed by atoms with Gasteiger partial charge in [-0.1, -0.05) is 6.07 Å².